The Kier molecular flexibility index (Phi) is 5.38. The van der Waals surface area contributed by atoms with Crippen molar-refractivity contribution < 1.29 is 4.74 Å². The molecular formula is C15H19BrN4O. The molecule has 0 saturated heterocycles. The zero-order valence-electron chi connectivity index (χ0n) is 12.4. The van der Waals surface area contributed by atoms with Gasteiger partial charge in [-0.2, -0.15) is 4.98 Å². The number of benzene rings is 1. The molecule has 0 atom stereocenters. The van der Waals surface area contributed by atoms with Gasteiger partial charge in [0, 0.05) is 34.5 Å². The average Bonchev–Trinajstić information content (AvgIpc) is 2.43. The van der Waals surface area contributed by atoms with Crippen molar-refractivity contribution in [1.29, 1.82) is 0 Å². The lowest BCUT2D eigenvalue weighted by molar-refractivity contribution is 0.415. The van der Waals surface area contributed by atoms with Gasteiger partial charge < -0.3 is 15.4 Å². The van der Waals surface area contributed by atoms with E-state index in [0.717, 1.165) is 40.4 Å². The number of rotatable bonds is 6. The predicted molar refractivity (Wildman–Crippen MR) is 89.5 cm³/mol. The zero-order chi connectivity index (χ0) is 15.2. The minimum Gasteiger partial charge on any atom is -0.497 e. The molecule has 0 aliphatic rings. The third kappa shape index (κ3) is 4.60. The molecule has 0 bridgehead atoms. The average molecular weight is 351 g/mol. The first-order valence-corrected chi connectivity index (χ1v) is 7.61. The first kappa shape index (κ1) is 15.6. The molecule has 1 aromatic carbocycles. The lowest BCUT2D eigenvalue weighted by atomic mass is 10.3. The van der Waals surface area contributed by atoms with Gasteiger partial charge in [0.25, 0.3) is 0 Å². The molecule has 0 radical (unpaired) electrons. The van der Waals surface area contributed by atoms with Crippen LogP contribution in [-0.2, 0) is 0 Å². The van der Waals surface area contributed by atoms with Gasteiger partial charge in [-0.1, -0.05) is 22.9 Å². The number of anilines is 3. The lowest BCUT2D eigenvalue weighted by Crippen LogP contribution is -2.06. The number of aryl methyl sites for hydroxylation is 1. The fourth-order valence-corrected chi connectivity index (χ4v) is 2.32. The third-order valence-corrected chi connectivity index (χ3v) is 3.22. The summed E-state index contributed by atoms with van der Waals surface area (Å²) < 4.78 is 6.20. The highest BCUT2D eigenvalue weighted by Crippen LogP contribution is 2.26. The molecule has 0 aliphatic carbocycles. The van der Waals surface area contributed by atoms with Crippen molar-refractivity contribution in [2.75, 3.05) is 24.3 Å². The van der Waals surface area contributed by atoms with Crippen LogP contribution in [0.25, 0.3) is 0 Å². The van der Waals surface area contributed by atoms with Crippen molar-refractivity contribution in [2.45, 2.75) is 20.3 Å². The Morgan fingerprint density at radius 1 is 1.19 bits per heavy atom. The topological polar surface area (TPSA) is 59.1 Å². The van der Waals surface area contributed by atoms with E-state index in [4.69, 9.17) is 4.74 Å². The normalized spacial score (nSPS) is 10.3. The number of methoxy groups -OCH3 is 1. The Hall–Kier alpha value is -1.82. The van der Waals surface area contributed by atoms with Crippen molar-refractivity contribution in [3.8, 4) is 5.75 Å². The van der Waals surface area contributed by atoms with Crippen LogP contribution >= 0.6 is 15.9 Å². The van der Waals surface area contributed by atoms with Gasteiger partial charge in [-0.05, 0) is 25.5 Å². The summed E-state index contributed by atoms with van der Waals surface area (Å²) in [6.07, 6.45) is 1.03. The second-order valence-corrected chi connectivity index (χ2v) is 5.57. The zero-order valence-corrected chi connectivity index (χ0v) is 14.0. The summed E-state index contributed by atoms with van der Waals surface area (Å²) >= 11 is 3.47. The lowest BCUT2D eigenvalue weighted by Gasteiger charge is -2.11. The highest BCUT2D eigenvalue weighted by Gasteiger charge is 2.04. The van der Waals surface area contributed by atoms with Crippen LogP contribution in [0.15, 0.2) is 28.7 Å². The quantitative estimate of drug-likeness (QED) is 0.820. The molecule has 0 saturated carbocycles. The number of halogens is 1. The first-order valence-electron chi connectivity index (χ1n) is 6.82. The second kappa shape index (κ2) is 7.26. The second-order valence-electron chi connectivity index (χ2n) is 4.65. The third-order valence-electron chi connectivity index (χ3n) is 2.77. The van der Waals surface area contributed by atoms with E-state index < -0.39 is 0 Å². The van der Waals surface area contributed by atoms with Crippen LogP contribution in [0, 0.1) is 6.92 Å². The molecule has 21 heavy (non-hydrogen) atoms. The van der Waals surface area contributed by atoms with E-state index in [1.54, 1.807) is 7.11 Å². The monoisotopic (exact) mass is 350 g/mol. The molecule has 0 unspecified atom stereocenters. The van der Waals surface area contributed by atoms with Crippen LogP contribution < -0.4 is 15.4 Å². The highest BCUT2D eigenvalue weighted by atomic mass is 79.9. The predicted octanol–water partition coefficient (Wildman–Crippen LogP) is 4.12. The standard InChI is InChI=1S/C15H19BrN4O/c1-4-5-17-15-18-10(2)6-14(20-15)19-12-7-11(16)8-13(9-12)21-3/h6-9H,4-5H2,1-3H3,(H2,17,18,19,20). The Balaban J connectivity index is 2.22. The van der Waals surface area contributed by atoms with Crippen LogP contribution in [-0.4, -0.2) is 23.6 Å². The number of ether oxygens (including phenoxy) is 1. The van der Waals surface area contributed by atoms with E-state index >= 15 is 0 Å². The molecule has 0 amide bonds. The van der Waals surface area contributed by atoms with Gasteiger partial charge in [0.2, 0.25) is 5.95 Å². The molecule has 6 heteroatoms. The SMILES string of the molecule is CCCNc1nc(C)cc(Nc2cc(Br)cc(OC)c2)n1. The van der Waals surface area contributed by atoms with Gasteiger partial charge in [0.1, 0.15) is 11.6 Å². The number of nitrogens with one attached hydrogen (secondary N) is 2. The van der Waals surface area contributed by atoms with Crippen molar-refractivity contribution >= 4 is 33.4 Å². The minimum atomic E-state index is 0.640. The van der Waals surface area contributed by atoms with E-state index in [0.29, 0.717) is 5.95 Å². The maximum Gasteiger partial charge on any atom is 0.224 e. The molecule has 0 aliphatic heterocycles. The summed E-state index contributed by atoms with van der Waals surface area (Å²) in [6.45, 7) is 4.91. The van der Waals surface area contributed by atoms with Gasteiger partial charge in [-0.25, -0.2) is 4.98 Å². The van der Waals surface area contributed by atoms with E-state index in [9.17, 15) is 0 Å². The van der Waals surface area contributed by atoms with Crippen LogP contribution in [0.4, 0.5) is 17.5 Å². The molecule has 0 spiro atoms. The van der Waals surface area contributed by atoms with E-state index in [-0.39, 0.29) is 0 Å². The highest BCUT2D eigenvalue weighted by molar-refractivity contribution is 9.10. The number of hydrogen-bond acceptors (Lipinski definition) is 5. The fourth-order valence-electron chi connectivity index (χ4n) is 1.85. The minimum absolute atomic E-state index is 0.640. The molecule has 2 rings (SSSR count). The van der Waals surface area contributed by atoms with E-state index in [1.807, 2.05) is 31.2 Å². The largest absolute Gasteiger partial charge is 0.497 e. The van der Waals surface area contributed by atoms with Crippen molar-refractivity contribution in [3.05, 3.63) is 34.4 Å². The Morgan fingerprint density at radius 3 is 2.71 bits per heavy atom. The van der Waals surface area contributed by atoms with Crippen molar-refractivity contribution in [3.63, 3.8) is 0 Å². The summed E-state index contributed by atoms with van der Waals surface area (Å²) in [6, 6.07) is 7.70. The van der Waals surface area contributed by atoms with Crippen LogP contribution in [0.1, 0.15) is 19.0 Å². The summed E-state index contributed by atoms with van der Waals surface area (Å²) in [5.41, 5.74) is 1.81. The Labute approximate surface area is 133 Å². The molecule has 5 nitrogen and oxygen atoms in total. The van der Waals surface area contributed by atoms with Gasteiger partial charge in [-0.15, -0.1) is 0 Å². The van der Waals surface area contributed by atoms with Crippen LogP contribution in [0.5, 0.6) is 5.75 Å². The Bertz CT molecular complexity index is 619. The molecule has 112 valence electrons. The summed E-state index contributed by atoms with van der Waals surface area (Å²) in [4.78, 5) is 8.83. The maximum atomic E-state index is 5.26. The van der Waals surface area contributed by atoms with Crippen LogP contribution in [0.2, 0.25) is 0 Å². The van der Waals surface area contributed by atoms with Gasteiger partial charge >= 0.3 is 0 Å². The summed E-state index contributed by atoms with van der Waals surface area (Å²) in [5.74, 6) is 2.17. The van der Waals surface area contributed by atoms with Gasteiger partial charge in [-0.3, -0.25) is 0 Å². The molecular weight excluding hydrogens is 332 g/mol. The van der Waals surface area contributed by atoms with Crippen LogP contribution in [0.3, 0.4) is 0 Å². The molecule has 1 heterocycles. The Morgan fingerprint density at radius 2 is 2.00 bits per heavy atom. The number of aromatic nitrogens is 2. The molecule has 1 aromatic heterocycles. The van der Waals surface area contributed by atoms with E-state index in [1.165, 1.54) is 0 Å². The molecule has 0 fully saturated rings. The van der Waals surface area contributed by atoms with Gasteiger partial charge in [0.05, 0.1) is 7.11 Å². The molecule has 2 N–H and O–H groups in total. The van der Waals surface area contributed by atoms with Crippen molar-refractivity contribution in [2.24, 2.45) is 0 Å². The maximum absolute atomic E-state index is 5.26. The first-order chi connectivity index (χ1) is 10.1. The van der Waals surface area contributed by atoms with Gasteiger partial charge in [0.15, 0.2) is 0 Å². The smallest absolute Gasteiger partial charge is 0.224 e. The fraction of sp³-hybridized carbons (Fsp3) is 0.333. The van der Waals surface area contributed by atoms with E-state index in [2.05, 4.69) is 43.5 Å². The number of hydrogen-bond donors (Lipinski definition) is 2. The van der Waals surface area contributed by atoms with Crippen molar-refractivity contribution in [1.82, 2.24) is 9.97 Å². The number of nitrogens with zero attached hydrogens (tertiary/aromatic N) is 2. The molecule has 2 aromatic rings. The summed E-state index contributed by atoms with van der Waals surface area (Å²) in [7, 11) is 1.65. The summed E-state index contributed by atoms with van der Waals surface area (Å²) in [5, 5.41) is 6.48.